The minimum absolute atomic E-state index is 0.195. The van der Waals surface area contributed by atoms with Crippen LogP contribution in [0.2, 0.25) is 0 Å². The molecule has 2 atom stereocenters. The largest absolute Gasteiger partial charge is 0.770 e. The highest BCUT2D eigenvalue weighted by Crippen LogP contribution is 2.31. The molecule has 0 saturated carbocycles. The van der Waals surface area contributed by atoms with Gasteiger partial charge in [-0.3, -0.25) is 9.59 Å². The number of carboxylic acid groups (broad SMARTS) is 1. The second-order valence-corrected chi connectivity index (χ2v) is 11.8. The molecule has 0 aliphatic carbocycles. The summed E-state index contributed by atoms with van der Waals surface area (Å²) in [7, 11) is 0. The van der Waals surface area contributed by atoms with Crippen LogP contribution in [0.4, 0.5) is 0 Å². The van der Waals surface area contributed by atoms with Crippen molar-refractivity contribution >= 4 is 33.7 Å². The normalized spacial score (nSPS) is 14.6. The fourth-order valence-electron chi connectivity index (χ4n) is 6.94. The van der Waals surface area contributed by atoms with Crippen molar-refractivity contribution in [2.75, 3.05) is 6.61 Å². The summed E-state index contributed by atoms with van der Waals surface area (Å²) >= 11 is 0. The molecule has 45 heavy (non-hydrogen) atoms. The van der Waals surface area contributed by atoms with Gasteiger partial charge in [0.25, 0.3) is 11.4 Å². The van der Waals surface area contributed by atoms with E-state index < -0.39 is 23.7 Å². The second kappa shape index (κ2) is 10.5. The first-order valence-electron chi connectivity index (χ1n) is 15.1. The molecule has 0 amide bonds. The minimum Gasteiger partial charge on any atom is -0.481 e. The van der Waals surface area contributed by atoms with Crippen molar-refractivity contribution in [1.29, 1.82) is 0 Å². The summed E-state index contributed by atoms with van der Waals surface area (Å²) in [4.78, 5) is 24.1. The number of carbonyl (C=O) groups is 2. The van der Waals surface area contributed by atoms with Crippen LogP contribution in [0.5, 0.6) is 0 Å². The van der Waals surface area contributed by atoms with E-state index in [-0.39, 0.29) is 19.0 Å². The maximum Gasteiger partial charge on any atom is 0.770 e. The summed E-state index contributed by atoms with van der Waals surface area (Å²) in [5.74, 6) is 2.45. The van der Waals surface area contributed by atoms with Gasteiger partial charge < -0.3 is 9.84 Å². The molecule has 6 heterocycles. The van der Waals surface area contributed by atoms with Gasteiger partial charge in [0, 0.05) is 49.0 Å². The minimum atomic E-state index is -0.910. The molecule has 5 aromatic rings. The van der Waals surface area contributed by atoms with Crippen molar-refractivity contribution in [1.82, 2.24) is 0 Å². The molecule has 0 bridgehead atoms. The van der Waals surface area contributed by atoms with Crippen molar-refractivity contribution < 1.29 is 37.7 Å². The van der Waals surface area contributed by atoms with Gasteiger partial charge in [0.1, 0.15) is 0 Å². The van der Waals surface area contributed by atoms with Crippen molar-refractivity contribution in [3.63, 3.8) is 0 Å². The van der Waals surface area contributed by atoms with Gasteiger partial charge in [0.2, 0.25) is 12.4 Å². The van der Waals surface area contributed by atoms with E-state index in [2.05, 4.69) is 66.8 Å². The van der Waals surface area contributed by atoms with Gasteiger partial charge in [-0.15, -0.1) is 12.8 Å². The average molecular weight is 597 g/mol. The number of carbonyl (C=O) groups excluding carboxylic acids is 1. The monoisotopic (exact) mass is 596 g/mol. The van der Waals surface area contributed by atoms with Crippen LogP contribution in [0.1, 0.15) is 43.4 Å². The highest BCUT2D eigenvalue weighted by molar-refractivity contribution is 6.00. The number of nitrogens with zero attached hydrogens (tertiary/aromatic N) is 4. The molecule has 8 heteroatoms. The Balaban J connectivity index is 1.30. The number of rotatable bonds is 8. The number of terminal acetylenes is 2. The molecule has 2 aliphatic rings. The van der Waals surface area contributed by atoms with Gasteiger partial charge in [-0.05, 0) is 48.7 Å². The third-order valence-corrected chi connectivity index (χ3v) is 9.14. The Morgan fingerprint density at radius 1 is 0.889 bits per heavy atom. The molecular weight excluding hydrogens is 564 g/mol. The van der Waals surface area contributed by atoms with Gasteiger partial charge in [-0.2, -0.15) is 0 Å². The van der Waals surface area contributed by atoms with E-state index in [1.54, 1.807) is 6.92 Å². The second-order valence-electron chi connectivity index (χ2n) is 11.8. The van der Waals surface area contributed by atoms with Crippen molar-refractivity contribution in [2.24, 2.45) is 11.8 Å². The van der Waals surface area contributed by atoms with Crippen LogP contribution in [-0.4, -0.2) is 23.7 Å². The topological polar surface area (TPSA) is 79.1 Å². The van der Waals surface area contributed by atoms with E-state index in [4.69, 9.17) is 17.6 Å². The summed E-state index contributed by atoms with van der Waals surface area (Å²) < 4.78 is 14.5. The Bertz CT molecular complexity index is 2090. The quantitative estimate of drug-likeness (QED) is 0.127. The molecule has 8 nitrogen and oxygen atoms in total. The number of hydrogen-bond donors (Lipinski definition) is 1. The zero-order valence-corrected chi connectivity index (χ0v) is 25.1. The number of aliphatic carboxylic acids is 1. The number of hydrogen-bond acceptors (Lipinski definition) is 3. The van der Waals surface area contributed by atoms with Crippen LogP contribution in [0.25, 0.3) is 33.2 Å². The molecule has 220 valence electrons. The number of aromatic nitrogens is 4. The Hall–Kier alpha value is -5.60. The third kappa shape index (κ3) is 4.10. The molecular formula is C37H32N4O4+4. The molecule has 0 fully saturated rings. The number of benzene rings is 1. The first kappa shape index (κ1) is 28.2. The van der Waals surface area contributed by atoms with Crippen LogP contribution in [0.15, 0.2) is 79.4 Å². The fourth-order valence-corrected chi connectivity index (χ4v) is 6.94. The maximum atomic E-state index is 12.7. The lowest BCUT2D eigenvalue weighted by Gasteiger charge is -2.15. The summed E-state index contributed by atoms with van der Waals surface area (Å²) in [5.41, 5.74) is 6.61. The highest BCUT2D eigenvalue weighted by atomic mass is 16.5. The first-order chi connectivity index (χ1) is 21.8. The molecule has 7 rings (SSSR count). The van der Waals surface area contributed by atoms with Gasteiger partial charge >= 0.3 is 28.9 Å². The lowest BCUT2D eigenvalue weighted by atomic mass is 9.94. The Kier molecular flexibility index (Phi) is 6.60. The first-order valence-corrected chi connectivity index (χ1v) is 15.1. The molecule has 2 unspecified atom stereocenters. The zero-order chi connectivity index (χ0) is 31.5. The summed E-state index contributed by atoms with van der Waals surface area (Å²) in [5, 5.41) is 11.4. The lowest BCUT2D eigenvalue weighted by molar-refractivity contribution is -1.29. The van der Waals surface area contributed by atoms with Crippen LogP contribution >= 0.6 is 0 Å². The molecule has 0 radical (unpaired) electrons. The fraction of sp³-hybridized carbons (Fsp3) is 0.243. The van der Waals surface area contributed by atoms with Gasteiger partial charge in [-0.1, -0.05) is 25.7 Å². The molecule has 4 aromatic heterocycles. The molecule has 1 spiro atoms. The van der Waals surface area contributed by atoms with E-state index in [0.717, 1.165) is 49.9 Å². The summed E-state index contributed by atoms with van der Waals surface area (Å²) in [6.07, 6.45) is 21.4. The maximum absolute atomic E-state index is 12.7. The lowest BCUT2D eigenvalue weighted by Crippen LogP contribution is -2.93. The number of ether oxygens (including phenoxy) is 1. The molecule has 1 aromatic carbocycles. The van der Waals surface area contributed by atoms with Gasteiger partial charge in [0.15, 0.2) is 12.4 Å². The number of pyridine rings is 4. The van der Waals surface area contributed by atoms with E-state index in [1.165, 1.54) is 0 Å². The predicted octanol–water partition coefficient (Wildman–Crippen LogP) is 2.83. The smallest absolute Gasteiger partial charge is 0.481 e. The van der Waals surface area contributed by atoms with Crippen molar-refractivity contribution in [3.05, 3.63) is 96.1 Å². The van der Waals surface area contributed by atoms with Crippen LogP contribution < -0.4 is 18.3 Å². The third-order valence-electron chi connectivity index (χ3n) is 9.14. The SMILES string of the molecule is C#Cc1cc2ccc3cc(C#C)c[n+]4c3c2[n+](c1)C41[n+]2ccccc2-c2cc(CCOC(=O)C(C)CC(CC)C(=O)O)cc[n+]21. The van der Waals surface area contributed by atoms with E-state index in [1.807, 2.05) is 49.6 Å². The van der Waals surface area contributed by atoms with Gasteiger partial charge in [-0.25, -0.2) is 0 Å². The van der Waals surface area contributed by atoms with E-state index in [9.17, 15) is 14.7 Å². The zero-order valence-electron chi connectivity index (χ0n) is 25.1. The molecule has 0 saturated heterocycles. The van der Waals surface area contributed by atoms with E-state index in [0.29, 0.717) is 12.8 Å². The van der Waals surface area contributed by atoms with Crippen molar-refractivity contribution in [3.8, 4) is 36.1 Å². The number of esters is 1. The van der Waals surface area contributed by atoms with Gasteiger partial charge in [0.05, 0.1) is 40.3 Å². The predicted molar refractivity (Wildman–Crippen MR) is 164 cm³/mol. The van der Waals surface area contributed by atoms with Crippen molar-refractivity contribution in [2.45, 2.75) is 39.0 Å². The average Bonchev–Trinajstić information content (AvgIpc) is 3.52. The molecule has 1 N–H and O–H groups in total. The molecule has 2 aliphatic heterocycles. The summed E-state index contributed by atoms with van der Waals surface area (Å²) in [6.45, 7) is 3.73. The van der Waals surface area contributed by atoms with Crippen LogP contribution in [0, 0.1) is 36.5 Å². The van der Waals surface area contributed by atoms with Crippen LogP contribution in [-0.2, 0) is 26.7 Å². The Labute approximate surface area is 260 Å². The number of carboxylic acids is 1. The van der Waals surface area contributed by atoms with Crippen LogP contribution in [0.3, 0.4) is 0 Å². The number of fused-ring (bicyclic) bond motifs is 7. The standard InChI is InChI=1S/C37H31N4O4/c1-5-25-19-29-11-12-30-20-26(6-2)23-41-34(30)33(29)40(22-25)37(41)38-15-9-8-10-31(38)32-21-27(13-16-39(32)37)14-17-45-36(44)24(4)18-28(7-3)35(42)43/h1-2,8-13,15-16,19-24,28H,7,14,17-18H2,3-4H3/q+3/p+1. The Morgan fingerprint density at radius 3 is 2.13 bits per heavy atom. The summed E-state index contributed by atoms with van der Waals surface area (Å²) in [6, 6.07) is 18.5. The Morgan fingerprint density at radius 2 is 1.53 bits per heavy atom. The van der Waals surface area contributed by atoms with E-state index >= 15 is 0 Å². The highest BCUT2D eigenvalue weighted by Gasteiger charge is 2.81.